The largest absolute Gasteiger partial charge is 0.458 e. The molecule has 13 amide bonds. The number of benzene rings is 1. The number of rotatable bonds is 34. The smallest absolute Gasteiger partial charge is 0.329 e. The maximum absolute atomic E-state index is 15.1. The molecule has 3 rings (SSSR count). The van der Waals surface area contributed by atoms with Crippen molar-refractivity contribution in [1.29, 1.82) is 0 Å². The number of hydrogen-bond donors (Lipinski definition) is 14. The van der Waals surface area contributed by atoms with Gasteiger partial charge in [-0.3, -0.25) is 62.3 Å². The van der Waals surface area contributed by atoms with Gasteiger partial charge in [-0.2, -0.15) is 0 Å². The molecule has 0 radical (unpaired) electrons. The van der Waals surface area contributed by atoms with Crippen molar-refractivity contribution in [2.45, 2.75) is 287 Å². The Hall–Kier alpha value is -8.54. The third kappa shape index (κ3) is 28.3. The Labute approximate surface area is 626 Å². The highest BCUT2D eigenvalue weighted by Gasteiger charge is 2.44. The molecule has 2 saturated heterocycles. The third-order valence-corrected chi connectivity index (χ3v) is 19.4. The Balaban J connectivity index is 2.00. The number of likely N-dealkylation sites (tertiary alicyclic amines) is 1. The fraction of sp³-hybridized carbons (Fsp3) is 0.711. The maximum Gasteiger partial charge on any atom is 0.329 e. The molecule has 596 valence electrons. The summed E-state index contributed by atoms with van der Waals surface area (Å²) in [5.41, 5.74) is 6.34. The molecule has 0 saturated carbocycles. The molecule has 2 aliphatic rings. The van der Waals surface area contributed by atoms with Crippen LogP contribution in [0.3, 0.4) is 0 Å². The monoisotopic (exact) mass is 1490 g/mol. The average Bonchev–Trinajstić information content (AvgIpc) is 1.56. The summed E-state index contributed by atoms with van der Waals surface area (Å²) in [7, 11) is 0. The molecule has 0 aromatic heterocycles. The Kier molecular flexibility index (Phi) is 38.5. The van der Waals surface area contributed by atoms with Crippen LogP contribution >= 0.6 is 0 Å². The molecule has 0 aliphatic carbocycles. The molecule has 1 aromatic carbocycles. The quantitative estimate of drug-likeness (QED) is 0.0347. The van der Waals surface area contributed by atoms with Crippen LogP contribution < -0.4 is 69.5 Å². The van der Waals surface area contributed by atoms with Gasteiger partial charge in [0.2, 0.25) is 70.9 Å². The van der Waals surface area contributed by atoms with E-state index in [0.717, 1.165) is 6.42 Å². The summed E-state index contributed by atoms with van der Waals surface area (Å²) in [6.45, 7) is 32.1. The Morgan fingerprint density at radius 1 is 0.613 bits per heavy atom. The number of amides is 13. The van der Waals surface area contributed by atoms with Crippen molar-refractivity contribution in [1.82, 2.24) is 68.7 Å². The minimum atomic E-state index is -1.83. The number of allylic oxidation sites excluding steroid dienone is 1. The molecule has 16 atom stereocenters. The Morgan fingerprint density at radius 3 is 1.73 bits per heavy atom. The van der Waals surface area contributed by atoms with Crippen molar-refractivity contribution in [2.75, 3.05) is 13.1 Å². The van der Waals surface area contributed by atoms with E-state index < -0.39 is 197 Å². The molecule has 30 heteroatoms. The molecule has 0 spiro atoms. The molecule has 0 unspecified atom stereocenters. The number of aliphatic hydroxyl groups is 1. The zero-order valence-corrected chi connectivity index (χ0v) is 66.0. The van der Waals surface area contributed by atoms with Gasteiger partial charge in [-0.15, -0.1) is 0 Å². The Bertz CT molecular complexity index is 3180. The first kappa shape index (κ1) is 91.7. The number of hydrogen-bond acceptors (Lipinski definition) is 17. The summed E-state index contributed by atoms with van der Waals surface area (Å²) < 4.78 is 5.96. The second-order valence-electron chi connectivity index (χ2n) is 30.6. The second-order valence-corrected chi connectivity index (χ2v) is 30.6. The van der Waals surface area contributed by atoms with E-state index in [1.807, 2.05) is 27.7 Å². The minimum Gasteiger partial charge on any atom is -0.458 e. The zero-order chi connectivity index (χ0) is 80.1. The number of carbonyl (C=O) groups excluding carboxylic acids is 14. The lowest BCUT2D eigenvalue weighted by atomic mass is 9.95. The van der Waals surface area contributed by atoms with Gasteiger partial charge in [0.25, 0.3) is 5.91 Å². The molecule has 106 heavy (non-hydrogen) atoms. The number of nitrogens with two attached hydrogens (primary N) is 1. The van der Waals surface area contributed by atoms with Crippen LogP contribution in [-0.2, 0) is 78.3 Å². The van der Waals surface area contributed by atoms with E-state index in [1.165, 1.54) is 31.7 Å². The molecular weight excluding hydrogens is 1360 g/mol. The van der Waals surface area contributed by atoms with Crippen LogP contribution in [0.5, 0.6) is 0 Å². The fourth-order valence-electron chi connectivity index (χ4n) is 12.3. The van der Waals surface area contributed by atoms with Gasteiger partial charge in [-0.25, -0.2) is 4.79 Å². The predicted octanol–water partition coefficient (Wildman–Crippen LogP) is 2.23. The van der Waals surface area contributed by atoms with Gasteiger partial charge in [-0.1, -0.05) is 166 Å². The summed E-state index contributed by atoms with van der Waals surface area (Å²) in [4.78, 5) is 202. The van der Waals surface area contributed by atoms with E-state index in [-0.39, 0.29) is 75.6 Å². The van der Waals surface area contributed by atoms with Gasteiger partial charge >= 0.3 is 5.97 Å². The summed E-state index contributed by atoms with van der Waals surface area (Å²) in [5, 5.41) is 43.3. The van der Waals surface area contributed by atoms with Crippen LogP contribution in [0.2, 0.25) is 0 Å². The van der Waals surface area contributed by atoms with Crippen molar-refractivity contribution in [2.24, 2.45) is 53.1 Å². The number of ether oxygens (including phenoxy) is 1. The van der Waals surface area contributed by atoms with Gasteiger partial charge in [0.05, 0.1) is 6.10 Å². The van der Waals surface area contributed by atoms with Gasteiger partial charge in [0, 0.05) is 19.4 Å². The van der Waals surface area contributed by atoms with Crippen LogP contribution in [0, 0.1) is 47.3 Å². The van der Waals surface area contributed by atoms with E-state index in [0.29, 0.717) is 30.7 Å². The topological polar surface area (TPSA) is 442 Å². The minimum absolute atomic E-state index is 0.0354. The van der Waals surface area contributed by atoms with Crippen molar-refractivity contribution in [3.8, 4) is 0 Å². The summed E-state index contributed by atoms with van der Waals surface area (Å²) in [5.74, 6) is -14.7. The lowest BCUT2D eigenvalue weighted by molar-refractivity contribution is -0.157. The van der Waals surface area contributed by atoms with E-state index >= 15 is 9.59 Å². The Morgan fingerprint density at radius 2 is 1.18 bits per heavy atom. The lowest BCUT2D eigenvalue weighted by Crippen LogP contribution is -2.64. The van der Waals surface area contributed by atoms with E-state index in [9.17, 15) is 62.6 Å². The van der Waals surface area contributed by atoms with Gasteiger partial charge < -0.3 is 84.3 Å². The molecule has 2 heterocycles. The van der Waals surface area contributed by atoms with Crippen LogP contribution in [-0.4, -0.2) is 191 Å². The summed E-state index contributed by atoms with van der Waals surface area (Å²) in [6.07, 6.45) is 1.27. The number of cyclic esters (lactones) is 1. The van der Waals surface area contributed by atoms with Gasteiger partial charge in [0.1, 0.15) is 84.3 Å². The number of esters is 1. The van der Waals surface area contributed by atoms with Crippen molar-refractivity contribution in [3.63, 3.8) is 0 Å². The molecule has 2 aliphatic heterocycles. The number of nitrogens with one attached hydrogen (secondary N) is 12. The van der Waals surface area contributed by atoms with Crippen LogP contribution in [0.25, 0.3) is 0 Å². The van der Waals surface area contributed by atoms with Gasteiger partial charge in [0.15, 0.2) is 0 Å². The number of aliphatic hydroxyl groups excluding tert-OH is 1. The highest BCUT2D eigenvalue weighted by Crippen LogP contribution is 2.23. The molecular formula is C76H126N14O16. The van der Waals surface area contributed by atoms with Crippen molar-refractivity contribution < 1.29 is 77.0 Å². The average molecular weight is 1490 g/mol. The standard InChI is InChI=1S/C76H126N14O16/c1-20-45(16)60(72(101)89-63-48(19)106-76(105)59(44(14)15)85-64(93)50(22-3)79-66(95)53(38-49-30-24-23-25-31-49)81-69(98)56(41(8)9)82-71(100)61(46(17)21-2)87-74(63)103)86-65(94)51(32-27-35-77)80-68(97)54-33-28-36-90(54)75(104)58(43(12)13)84-70(99)57(42(10)11)83-73(102)62(47(18)91)88-67(96)52(37-40(6)7)78-55(92)34-26-29-39(4)5/h22-25,30-31,39-48,51-54,56-63,91H,20-21,26-29,32-38,77H2,1-19H3,(H,78,92)(H,79,95)(H,80,97)(H,81,98)(H,82,100)(H,83,102)(H,84,99)(H,85,93)(H,86,94)(H,87,103)(H,88,96)(H,89,101)/b50-22-/t45-,46-,47-,48+,51+,52-,53+,54-,56-,57+,58-,59+,60-,61-,62+,63-/m1/s1. The lowest BCUT2D eigenvalue weighted by Gasteiger charge is -2.33. The van der Waals surface area contributed by atoms with Crippen LogP contribution in [0.4, 0.5) is 0 Å². The SMILES string of the molecule is C/C=C1\NC(=O)[C@H](Cc2ccccc2)NC(=O)[C@@H](C(C)C)NC(=O)[C@@H]([C@H](C)CC)NC(=O)[C@H](NC(=O)[C@H](NC(=O)[C@H](CCCN)NC(=O)[C@H]2CCCN2C(=O)[C@H](NC(=O)[C@@H](NC(=O)[C@@H](NC(=O)[C@@H](CC(C)C)NC(=O)CCCC(C)C)[C@@H](C)O)C(C)C)C(C)C)[C@H](C)CC)[C@H](C)OC(=O)[C@H](C(C)C)NC1=O. The molecule has 1 aromatic rings. The van der Waals surface area contributed by atoms with E-state index in [2.05, 4.69) is 63.8 Å². The first-order valence-electron chi connectivity index (χ1n) is 38.0. The first-order chi connectivity index (χ1) is 49.7. The predicted molar refractivity (Wildman–Crippen MR) is 400 cm³/mol. The molecule has 2 fully saturated rings. The maximum atomic E-state index is 15.1. The highest BCUT2D eigenvalue weighted by atomic mass is 16.5. The highest BCUT2D eigenvalue weighted by molar-refractivity contribution is 6.03. The number of nitrogens with zero attached hydrogens (tertiary/aromatic N) is 1. The summed E-state index contributed by atoms with van der Waals surface area (Å²) >= 11 is 0. The first-order valence-corrected chi connectivity index (χ1v) is 38.0. The van der Waals surface area contributed by atoms with E-state index in [1.54, 1.807) is 113 Å². The van der Waals surface area contributed by atoms with Gasteiger partial charge in [-0.05, 0) is 119 Å². The zero-order valence-electron chi connectivity index (χ0n) is 66.0. The van der Waals surface area contributed by atoms with Crippen molar-refractivity contribution >= 4 is 82.8 Å². The normalized spacial score (nSPS) is 22.5. The van der Waals surface area contributed by atoms with E-state index in [4.69, 9.17) is 10.5 Å². The van der Waals surface area contributed by atoms with Crippen molar-refractivity contribution in [3.05, 3.63) is 47.7 Å². The molecule has 0 bridgehead atoms. The number of carbonyl (C=O) groups is 14. The van der Waals surface area contributed by atoms with Crippen LogP contribution in [0.15, 0.2) is 42.1 Å². The van der Waals surface area contributed by atoms with Crippen LogP contribution in [0.1, 0.15) is 201 Å². The fourth-order valence-corrected chi connectivity index (χ4v) is 12.3. The third-order valence-electron chi connectivity index (χ3n) is 19.4. The molecule has 15 N–H and O–H groups in total. The second kappa shape index (κ2) is 44.6. The summed E-state index contributed by atoms with van der Waals surface area (Å²) in [6, 6.07) is -7.64. The molecule has 30 nitrogen and oxygen atoms in total.